The molecule has 1 amide bonds. The number of carbonyl (C=O) groups is 1. The molecule has 1 saturated carbocycles. The SMILES string of the molecule is NC(=O)c1ccc(F)c(-c2ccc(NC3(c4ccc(O)cn4)CCC3)nn2)c1. The Kier molecular flexibility index (Phi) is 4.38. The van der Waals surface area contributed by atoms with E-state index in [4.69, 9.17) is 5.73 Å². The summed E-state index contributed by atoms with van der Waals surface area (Å²) in [6.07, 6.45) is 4.22. The highest BCUT2D eigenvalue weighted by atomic mass is 19.1. The Bertz CT molecular complexity index is 1020. The fourth-order valence-electron chi connectivity index (χ4n) is 3.31. The molecular formula is C20H18FN5O2. The van der Waals surface area contributed by atoms with Gasteiger partial charge in [0, 0.05) is 11.1 Å². The molecule has 4 rings (SSSR count). The molecule has 3 aromatic rings. The minimum absolute atomic E-state index is 0.114. The Morgan fingerprint density at radius 3 is 2.54 bits per heavy atom. The number of carbonyl (C=O) groups excluding carboxylic acids is 1. The van der Waals surface area contributed by atoms with Crippen molar-refractivity contribution < 1.29 is 14.3 Å². The Hall–Kier alpha value is -3.55. The van der Waals surface area contributed by atoms with Gasteiger partial charge in [0.1, 0.15) is 17.4 Å². The van der Waals surface area contributed by atoms with E-state index >= 15 is 0 Å². The summed E-state index contributed by atoms with van der Waals surface area (Å²) in [7, 11) is 0. The first-order valence-electron chi connectivity index (χ1n) is 8.84. The average Bonchev–Trinajstić information content (AvgIpc) is 2.66. The first-order chi connectivity index (χ1) is 13.5. The molecule has 8 heteroatoms. The number of benzene rings is 1. The van der Waals surface area contributed by atoms with Gasteiger partial charge in [0.05, 0.1) is 23.1 Å². The minimum atomic E-state index is -0.638. The molecule has 1 aromatic carbocycles. The summed E-state index contributed by atoms with van der Waals surface area (Å²) in [6.45, 7) is 0. The molecule has 142 valence electrons. The molecular weight excluding hydrogens is 361 g/mol. The van der Waals surface area contributed by atoms with Gasteiger partial charge in [-0.1, -0.05) is 0 Å². The highest BCUT2D eigenvalue weighted by Gasteiger charge is 2.40. The van der Waals surface area contributed by atoms with Crippen LogP contribution in [0.2, 0.25) is 0 Å². The van der Waals surface area contributed by atoms with E-state index < -0.39 is 11.7 Å². The number of nitrogens with zero attached hydrogens (tertiary/aromatic N) is 3. The van der Waals surface area contributed by atoms with Crippen LogP contribution in [0.3, 0.4) is 0 Å². The normalized spacial score (nSPS) is 14.9. The van der Waals surface area contributed by atoms with Crippen LogP contribution in [0.5, 0.6) is 5.75 Å². The van der Waals surface area contributed by atoms with Crippen LogP contribution in [0.25, 0.3) is 11.3 Å². The zero-order chi connectivity index (χ0) is 19.7. The van der Waals surface area contributed by atoms with E-state index in [0.29, 0.717) is 11.5 Å². The molecule has 0 radical (unpaired) electrons. The second-order valence-corrected chi connectivity index (χ2v) is 6.82. The average molecular weight is 379 g/mol. The van der Waals surface area contributed by atoms with Gasteiger partial charge in [-0.3, -0.25) is 9.78 Å². The number of amides is 1. The van der Waals surface area contributed by atoms with E-state index in [2.05, 4.69) is 20.5 Å². The molecule has 0 aliphatic heterocycles. The number of hydrogen-bond donors (Lipinski definition) is 3. The van der Waals surface area contributed by atoms with Crippen LogP contribution < -0.4 is 11.1 Å². The van der Waals surface area contributed by atoms with E-state index in [1.54, 1.807) is 24.3 Å². The molecule has 4 N–H and O–H groups in total. The maximum Gasteiger partial charge on any atom is 0.248 e. The van der Waals surface area contributed by atoms with Crippen molar-refractivity contribution in [2.75, 3.05) is 5.32 Å². The number of halogens is 1. The van der Waals surface area contributed by atoms with Gasteiger partial charge in [-0.2, -0.15) is 0 Å². The number of pyridine rings is 1. The van der Waals surface area contributed by atoms with Crippen LogP contribution in [0, 0.1) is 5.82 Å². The van der Waals surface area contributed by atoms with Gasteiger partial charge < -0.3 is 16.2 Å². The van der Waals surface area contributed by atoms with Gasteiger partial charge in [0.15, 0.2) is 0 Å². The van der Waals surface area contributed by atoms with Crippen LogP contribution in [-0.4, -0.2) is 26.2 Å². The number of rotatable bonds is 5. The molecule has 0 unspecified atom stereocenters. The van der Waals surface area contributed by atoms with E-state index in [-0.39, 0.29) is 22.4 Å². The summed E-state index contributed by atoms with van der Waals surface area (Å²) >= 11 is 0. The van der Waals surface area contributed by atoms with Crippen LogP contribution in [0.15, 0.2) is 48.7 Å². The smallest absolute Gasteiger partial charge is 0.248 e. The van der Waals surface area contributed by atoms with E-state index in [1.807, 2.05) is 0 Å². The second-order valence-electron chi connectivity index (χ2n) is 6.82. The molecule has 7 nitrogen and oxygen atoms in total. The maximum absolute atomic E-state index is 14.1. The Labute approximate surface area is 160 Å². The number of aromatic hydroxyl groups is 1. The van der Waals surface area contributed by atoms with Crippen molar-refractivity contribution in [3.63, 3.8) is 0 Å². The van der Waals surface area contributed by atoms with Gasteiger partial charge in [-0.25, -0.2) is 4.39 Å². The third-order valence-electron chi connectivity index (χ3n) is 5.00. The van der Waals surface area contributed by atoms with Crippen molar-refractivity contribution in [3.05, 3.63) is 65.7 Å². The maximum atomic E-state index is 14.1. The molecule has 1 aliphatic carbocycles. The fraction of sp³-hybridized carbons (Fsp3) is 0.200. The van der Waals surface area contributed by atoms with Crippen molar-refractivity contribution in [2.24, 2.45) is 5.73 Å². The second kappa shape index (κ2) is 6.88. The predicted octanol–water partition coefficient (Wildman–Crippen LogP) is 2.97. The number of anilines is 1. The minimum Gasteiger partial charge on any atom is -0.506 e. The predicted molar refractivity (Wildman–Crippen MR) is 101 cm³/mol. The number of primary amides is 1. The van der Waals surface area contributed by atoms with E-state index in [9.17, 15) is 14.3 Å². The Morgan fingerprint density at radius 2 is 1.96 bits per heavy atom. The van der Waals surface area contributed by atoms with Crippen LogP contribution in [0.4, 0.5) is 10.2 Å². The van der Waals surface area contributed by atoms with E-state index in [0.717, 1.165) is 25.0 Å². The monoisotopic (exact) mass is 379 g/mol. The summed E-state index contributed by atoms with van der Waals surface area (Å²) in [6, 6.07) is 10.6. The standard InChI is InChI=1S/C20H18FN5O2/c21-15-4-2-12(19(22)28)10-14(15)16-5-7-18(26-25-16)24-20(8-1-9-20)17-6-3-13(27)11-23-17/h2-7,10-11,27H,1,8-9H2,(H2,22,28)(H,24,26). The molecule has 0 bridgehead atoms. The quantitative estimate of drug-likeness (QED) is 0.628. The van der Waals surface area contributed by atoms with Crippen molar-refractivity contribution in [3.8, 4) is 17.0 Å². The number of aromatic nitrogens is 3. The number of hydrogen-bond acceptors (Lipinski definition) is 6. The van der Waals surface area contributed by atoms with Gasteiger partial charge in [-0.05, 0) is 61.7 Å². The summed E-state index contributed by atoms with van der Waals surface area (Å²) in [5, 5.41) is 21.1. The van der Waals surface area contributed by atoms with Crippen LogP contribution in [-0.2, 0) is 5.54 Å². The molecule has 1 fully saturated rings. The van der Waals surface area contributed by atoms with E-state index in [1.165, 1.54) is 24.4 Å². The highest BCUT2D eigenvalue weighted by molar-refractivity contribution is 5.94. The van der Waals surface area contributed by atoms with Gasteiger partial charge >= 0.3 is 0 Å². The highest BCUT2D eigenvalue weighted by Crippen LogP contribution is 2.43. The summed E-state index contributed by atoms with van der Waals surface area (Å²) < 4.78 is 14.1. The first kappa shape index (κ1) is 17.8. The third kappa shape index (κ3) is 3.24. The summed E-state index contributed by atoms with van der Waals surface area (Å²) in [5.74, 6) is -0.503. The van der Waals surface area contributed by atoms with Gasteiger partial charge in [-0.15, -0.1) is 10.2 Å². The lowest BCUT2D eigenvalue weighted by atomic mass is 9.74. The number of nitrogens with two attached hydrogens (primary N) is 1. The zero-order valence-corrected chi connectivity index (χ0v) is 14.9. The summed E-state index contributed by atoms with van der Waals surface area (Å²) in [4.78, 5) is 15.7. The largest absolute Gasteiger partial charge is 0.506 e. The van der Waals surface area contributed by atoms with Crippen LogP contribution in [0.1, 0.15) is 35.3 Å². The van der Waals surface area contributed by atoms with Crippen LogP contribution >= 0.6 is 0 Å². The lowest BCUT2D eigenvalue weighted by Crippen LogP contribution is -2.43. The zero-order valence-electron chi connectivity index (χ0n) is 14.9. The molecule has 0 atom stereocenters. The molecule has 0 saturated heterocycles. The van der Waals surface area contributed by atoms with Crippen molar-refractivity contribution in [1.29, 1.82) is 0 Å². The van der Waals surface area contributed by atoms with Crippen molar-refractivity contribution in [1.82, 2.24) is 15.2 Å². The van der Waals surface area contributed by atoms with Gasteiger partial charge in [0.25, 0.3) is 0 Å². The molecule has 2 heterocycles. The van der Waals surface area contributed by atoms with Crippen molar-refractivity contribution >= 4 is 11.7 Å². The summed E-state index contributed by atoms with van der Waals surface area (Å²) in [5.41, 5.74) is 6.39. The Morgan fingerprint density at radius 1 is 1.14 bits per heavy atom. The topological polar surface area (TPSA) is 114 Å². The third-order valence-corrected chi connectivity index (χ3v) is 5.00. The number of nitrogens with one attached hydrogen (secondary N) is 1. The first-order valence-corrected chi connectivity index (χ1v) is 8.84. The molecule has 0 spiro atoms. The fourth-order valence-corrected chi connectivity index (χ4v) is 3.31. The lowest BCUT2D eigenvalue weighted by Gasteiger charge is -2.42. The molecule has 1 aliphatic rings. The van der Waals surface area contributed by atoms with Crippen molar-refractivity contribution in [2.45, 2.75) is 24.8 Å². The Balaban J connectivity index is 1.59. The lowest BCUT2D eigenvalue weighted by molar-refractivity contribution is 0.100. The molecule has 2 aromatic heterocycles. The van der Waals surface area contributed by atoms with Gasteiger partial charge in [0.2, 0.25) is 5.91 Å². The molecule has 28 heavy (non-hydrogen) atoms.